The molecule has 0 heterocycles. The third-order valence-electron chi connectivity index (χ3n) is 4.06. The summed E-state index contributed by atoms with van der Waals surface area (Å²) in [4.78, 5) is 14.4. The van der Waals surface area contributed by atoms with Crippen molar-refractivity contribution >= 4 is 23.0 Å². The number of anilines is 3. The van der Waals surface area contributed by atoms with Gasteiger partial charge in [-0.2, -0.15) is 0 Å². The first-order valence-electron chi connectivity index (χ1n) is 8.69. The molecule has 2 N–H and O–H groups in total. The quantitative estimate of drug-likeness (QED) is 0.724. The van der Waals surface area contributed by atoms with E-state index in [4.69, 9.17) is 4.74 Å². The first kappa shape index (κ1) is 18.6. The first-order valence-corrected chi connectivity index (χ1v) is 8.69. The minimum Gasteiger partial charge on any atom is -0.495 e. The highest BCUT2D eigenvalue weighted by molar-refractivity contribution is 5.92. The number of rotatable bonds is 9. The Morgan fingerprint density at radius 2 is 1.72 bits per heavy atom. The van der Waals surface area contributed by atoms with E-state index in [1.165, 1.54) is 5.69 Å². The molecule has 0 saturated heterocycles. The van der Waals surface area contributed by atoms with Gasteiger partial charge in [0.25, 0.3) is 0 Å². The molecule has 0 bridgehead atoms. The molecule has 2 aromatic rings. The molecule has 0 fully saturated rings. The van der Waals surface area contributed by atoms with Crippen LogP contribution in [-0.4, -0.2) is 32.7 Å². The van der Waals surface area contributed by atoms with Crippen molar-refractivity contribution in [2.75, 3.05) is 42.3 Å². The highest BCUT2D eigenvalue weighted by Gasteiger charge is 2.07. The van der Waals surface area contributed by atoms with Crippen LogP contribution in [0.2, 0.25) is 0 Å². The molecule has 0 aliphatic carbocycles. The van der Waals surface area contributed by atoms with Crippen molar-refractivity contribution in [1.29, 1.82) is 0 Å². The van der Waals surface area contributed by atoms with Crippen LogP contribution in [0.1, 0.15) is 20.3 Å². The molecule has 5 heteroatoms. The summed E-state index contributed by atoms with van der Waals surface area (Å²) in [7, 11) is 1.59. The van der Waals surface area contributed by atoms with E-state index in [0.717, 1.165) is 18.8 Å². The average Bonchev–Trinajstić information content (AvgIpc) is 2.64. The van der Waals surface area contributed by atoms with Crippen molar-refractivity contribution in [1.82, 2.24) is 0 Å². The highest BCUT2D eigenvalue weighted by atomic mass is 16.5. The molecule has 5 nitrogen and oxygen atoms in total. The third-order valence-corrected chi connectivity index (χ3v) is 4.06. The summed E-state index contributed by atoms with van der Waals surface area (Å²) in [5, 5.41) is 6.16. The lowest BCUT2D eigenvalue weighted by molar-refractivity contribution is -0.116. The van der Waals surface area contributed by atoms with E-state index >= 15 is 0 Å². The summed E-state index contributed by atoms with van der Waals surface area (Å²) in [5.74, 6) is 0.618. The molecule has 0 atom stereocenters. The zero-order valence-corrected chi connectivity index (χ0v) is 15.2. The van der Waals surface area contributed by atoms with Crippen molar-refractivity contribution in [2.24, 2.45) is 0 Å². The molecule has 0 saturated carbocycles. The minimum absolute atomic E-state index is 0.0447. The Hall–Kier alpha value is -2.69. The molecule has 2 rings (SSSR count). The Labute approximate surface area is 150 Å². The average molecular weight is 341 g/mol. The number of methoxy groups -OCH3 is 1. The number of ether oxygens (including phenoxy) is 1. The molecule has 134 valence electrons. The lowest BCUT2D eigenvalue weighted by Crippen LogP contribution is -2.21. The summed E-state index contributed by atoms with van der Waals surface area (Å²) in [5.41, 5.74) is 2.92. The molecule has 0 aliphatic heterocycles. The van der Waals surface area contributed by atoms with Crippen LogP contribution < -0.4 is 20.3 Å². The Kier molecular flexibility index (Phi) is 7.14. The van der Waals surface area contributed by atoms with Crippen molar-refractivity contribution in [3.8, 4) is 5.75 Å². The Balaban J connectivity index is 1.81. The van der Waals surface area contributed by atoms with E-state index in [0.29, 0.717) is 24.4 Å². The van der Waals surface area contributed by atoms with Crippen LogP contribution in [-0.2, 0) is 4.79 Å². The van der Waals surface area contributed by atoms with Crippen LogP contribution in [0.15, 0.2) is 48.5 Å². The molecule has 2 aromatic carbocycles. The molecule has 0 unspecified atom stereocenters. The van der Waals surface area contributed by atoms with Gasteiger partial charge in [0.2, 0.25) is 5.91 Å². The van der Waals surface area contributed by atoms with Gasteiger partial charge in [0.05, 0.1) is 12.8 Å². The highest BCUT2D eigenvalue weighted by Crippen LogP contribution is 2.23. The molecule has 0 radical (unpaired) electrons. The summed E-state index contributed by atoms with van der Waals surface area (Å²) in [6.07, 6.45) is 0.385. The Morgan fingerprint density at radius 3 is 2.36 bits per heavy atom. The van der Waals surface area contributed by atoms with Crippen LogP contribution in [0, 0.1) is 0 Å². The zero-order valence-electron chi connectivity index (χ0n) is 15.2. The number of para-hydroxylation sites is 2. The maximum Gasteiger partial charge on any atom is 0.226 e. The molecule has 25 heavy (non-hydrogen) atoms. The predicted molar refractivity (Wildman–Crippen MR) is 105 cm³/mol. The maximum absolute atomic E-state index is 12.1. The van der Waals surface area contributed by atoms with Crippen LogP contribution in [0.4, 0.5) is 17.1 Å². The molecular formula is C20H27N3O2. The van der Waals surface area contributed by atoms with Crippen LogP contribution >= 0.6 is 0 Å². The van der Waals surface area contributed by atoms with Gasteiger partial charge in [0, 0.05) is 37.4 Å². The fourth-order valence-electron chi connectivity index (χ4n) is 2.66. The Morgan fingerprint density at radius 1 is 1.04 bits per heavy atom. The maximum atomic E-state index is 12.1. The number of carbonyl (C=O) groups is 1. The van der Waals surface area contributed by atoms with E-state index < -0.39 is 0 Å². The van der Waals surface area contributed by atoms with Crippen molar-refractivity contribution in [3.05, 3.63) is 48.5 Å². The van der Waals surface area contributed by atoms with Gasteiger partial charge in [-0.25, -0.2) is 0 Å². The molecule has 0 aliphatic rings. The second-order valence-electron chi connectivity index (χ2n) is 5.64. The molecule has 0 aromatic heterocycles. The topological polar surface area (TPSA) is 53.6 Å². The summed E-state index contributed by atoms with van der Waals surface area (Å²) < 4.78 is 5.23. The van der Waals surface area contributed by atoms with Crippen molar-refractivity contribution < 1.29 is 9.53 Å². The molecule has 0 spiro atoms. The second kappa shape index (κ2) is 9.57. The number of amides is 1. The van der Waals surface area contributed by atoms with Crippen LogP contribution in [0.3, 0.4) is 0 Å². The largest absolute Gasteiger partial charge is 0.495 e. The van der Waals surface area contributed by atoms with Gasteiger partial charge in [-0.15, -0.1) is 0 Å². The zero-order chi connectivity index (χ0) is 18.1. The smallest absolute Gasteiger partial charge is 0.226 e. The van der Waals surface area contributed by atoms with Gasteiger partial charge >= 0.3 is 0 Å². The lowest BCUT2D eigenvalue weighted by Gasteiger charge is -2.21. The van der Waals surface area contributed by atoms with Gasteiger partial charge in [-0.3, -0.25) is 4.79 Å². The van der Waals surface area contributed by atoms with Crippen LogP contribution in [0.5, 0.6) is 5.75 Å². The van der Waals surface area contributed by atoms with Gasteiger partial charge < -0.3 is 20.3 Å². The minimum atomic E-state index is -0.0447. The normalized spacial score (nSPS) is 10.2. The fourth-order valence-corrected chi connectivity index (χ4v) is 2.66. The van der Waals surface area contributed by atoms with E-state index in [1.807, 2.05) is 36.4 Å². The van der Waals surface area contributed by atoms with E-state index in [2.05, 4.69) is 41.5 Å². The fraction of sp³-hybridized carbons (Fsp3) is 0.350. The van der Waals surface area contributed by atoms with Gasteiger partial charge in [-0.05, 0) is 50.2 Å². The molecule has 1 amide bonds. The van der Waals surface area contributed by atoms with Gasteiger partial charge in [0.15, 0.2) is 0 Å². The van der Waals surface area contributed by atoms with Crippen molar-refractivity contribution in [2.45, 2.75) is 20.3 Å². The number of nitrogens with zero attached hydrogens (tertiary/aromatic N) is 1. The lowest BCUT2D eigenvalue weighted by atomic mass is 10.2. The van der Waals surface area contributed by atoms with Gasteiger partial charge in [0.1, 0.15) is 5.75 Å². The molecular weight excluding hydrogens is 314 g/mol. The predicted octanol–water partition coefficient (Wildman–Crippen LogP) is 3.98. The first-order chi connectivity index (χ1) is 12.2. The number of nitrogens with one attached hydrogen (secondary N) is 2. The third kappa shape index (κ3) is 5.41. The van der Waals surface area contributed by atoms with Crippen LogP contribution in [0.25, 0.3) is 0 Å². The monoisotopic (exact) mass is 341 g/mol. The summed E-state index contributed by atoms with van der Waals surface area (Å²) in [6, 6.07) is 15.7. The Bertz CT molecular complexity index is 667. The standard InChI is InChI=1S/C20H27N3O2/c1-4-23(5-2)17-12-10-16(11-13-17)21-15-14-20(24)22-18-8-6-7-9-19(18)25-3/h6-13,21H,4-5,14-15H2,1-3H3,(H,22,24). The van der Waals surface area contributed by atoms with E-state index in [1.54, 1.807) is 7.11 Å². The number of benzene rings is 2. The van der Waals surface area contributed by atoms with Gasteiger partial charge in [-0.1, -0.05) is 12.1 Å². The van der Waals surface area contributed by atoms with E-state index in [9.17, 15) is 4.79 Å². The second-order valence-corrected chi connectivity index (χ2v) is 5.64. The number of hydrogen-bond donors (Lipinski definition) is 2. The SMILES string of the molecule is CCN(CC)c1ccc(NCCC(=O)Nc2ccccc2OC)cc1. The number of carbonyl (C=O) groups excluding carboxylic acids is 1. The van der Waals surface area contributed by atoms with Crippen molar-refractivity contribution in [3.63, 3.8) is 0 Å². The summed E-state index contributed by atoms with van der Waals surface area (Å²) in [6.45, 7) is 6.86. The summed E-state index contributed by atoms with van der Waals surface area (Å²) >= 11 is 0. The van der Waals surface area contributed by atoms with E-state index in [-0.39, 0.29) is 5.91 Å². The number of hydrogen-bond acceptors (Lipinski definition) is 4.